The van der Waals surface area contributed by atoms with E-state index < -0.39 is 0 Å². The zero-order valence-corrected chi connectivity index (χ0v) is 10.6. The Labute approximate surface area is 102 Å². The van der Waals surface area contributed by atoms with Gasteiger partial charge in [-0.1, -0.05) is 6.92 Å². The molecule has 0 unspecified atom stereocenters. The number of amides is 1. The van der Waals surface area contributed by atoms with Gasteiger partial charge in [0.25, 0.3) is 0 Å². The predicted octanol–water partition coefficient (Wildman–Crippen LogP) is 2.41. The molecule has 0 aliphatic carbocycles. The summed E-state index contributed by atoms with van der Waals surface area (Å²) in [6, 6.07) is 7.01. The van der Waals surface area contributed by atoms with Crippen LogP contribution in [0.25, 0.3) is 0 Å². The molecule has 0 aliphatic heterocycles. The van der Waals surface area contributed by atoms with E-state index in [1.807, 2.05) is 20.8 Å². The van der Waals surface area contributed by atoms with Gasteiger partial charge in [-0.2, -0.15) is 0 Å². The van der Waals surface area contributed by atoms with Gasteiger partial charge in [0, 0.05) is 11.4 Å². The maximum atomic E-state index is 11.6. The van der Waals surface area contributed by atoms with Crippen molar-refractivity contribution in [2.75, 3.05) is 17.7 Å². The van der Waals surface area contributed by atoms with Crippen LogP contribution in [0.15, 0.2) is 24.3 Å². The third-order valence-electron chi connectivity index (χ3n) is 2.64. The summed E-state index contributed by atoms with van der Waals surface area (Å²) in [6.07, 6.45) is 0.863. The molecule has 0 spiro atoms. The van der Waals surface area contributed by atoms with Crippen molar-refractivity contribution in [1.82, 2.24) is 0 Å². The van der Waals surface area contributed by atoms with E-state index in [4.69, 9.17) is 10.5 Å². The van der Waals surface area contributed by atoms with Crippen LogP contribution in [0, 0.1) is 0 Å². The van der Waals surface area contributed by atoms with Crippen LogP contribution in [-0.2, 0) is 9.53 Å². The van der Waals surface area contributed by atoms with Gasteiger partial charge in [-0.3, -0.25) is 4.79 Å². The smallest absolute Gasteiger partial charge is 0.250 e. The lowest BCUT2D eigenvalue weighted by molar-refractivity contribution is -0.126. The minimum Gasteiger partial charge on any atom is -0.399 e. The van der Waals surface area contributed by atoms with Crippen molar-refractivity contribution in [2.24, 2.45) is 0 Å². The molecule has 1 aromatic carbocycles. The molecule has 0 saturated carbocycles. The normalized spacial score (nSPS) is 11.2. The first-order valence-corrected chi connectivity index (χ1v) is 5.72. The van der Waals surface area contributed by atoms with Crippen LogP contribution in [0.1, 0.15) is 27.2 Å². The molecule has 1 amide bonds. The number of benzene rings is 1. The number of nitrogens with one attached hydrogen (secondary N) is 1. The molecule has 0 fully saturated rings. The van der Waals surface area contributed by atoms with Gasteiger partial charge in [0.2, 0.25) is 5.91 Å². The number of carbonyl (C=O) groups excluding carboxylic acids is 1. The second kappa shape index (κ2) is 5.68. The molecule has 94 valence electrons. The minimum atomic E-state index is -0.265. The topological polar surface area (TPSA) is 64.3 Å². The van der Waals surface area contributed by atoms with Gasteiger partial charge in [-0.25, -0.2) is 0 Å². The fourth-order valence-electron chi connectivity index (χ4n) is 1.13. The molecular formula is C13H20N2O2. The number of nitrogens with two attached hydrogens (primary N) is 1. The average Bonchev–Trinajstić information content (AvgIpc) is 2.30. The first-order valence-electron chi connectivity index (χ1n) is 5.72. The second-order valence-corrected chi connectivity index (χ2v) is 4.57. The molecule has 4 heteroatoms. The first kappa shape index (κ1) is 13.5. The number of rotatable bonds is 5. The Morgan fingerprint density at radius 3 is 2.47 bits per heavy atom. The van der Waals surface area contributed by atoms with Crippen molar-refractivity contribution >= 4 is 17.3 Å². The Bertz CT molecular complexity index is 372. The van der Waals surface area contributed by atoms with E-state index in [-0.39, 0.29) is 18.1 Å². The summed E-state index contributed by atoms with van der Waals surface area (Å²) in [7, 11) is 0. The van der Waals surface area contributed by atoms with Gasteiger partial charge in [0.15, 0.2) is 0 Å². The van der Waals surface area contributed by atoms with Crippen LogP contribution in [0.2, 0.25) is 0 Å². The molecular weight excluding hydrogens is 216 g/mol. The van der Waals surface area contributed by atoms with Gasteiger partial charge in [-0.15, -0.1) is 0 Å². The molecule has 1 rings (SSSR count). The lowest BCUT2D eigenvalue weighted by atomic mass is 10.1. The number of carbonyl (C=O) groups is 1. The van der Waals surface area contributed by atoms with E-state index in [9.17, 15) is 4.79 Å². The van der Waals surface area contributed by atoms with E-state index in [1.165, 1.54) is 0 Å². The Hall–Kier alpha value is -1.55. The Morgan fingerprint density at radius 2 is 1.94 bits per heavy atom. The van der Waals surface area contributed by atoms with Crippen LogP contribution in [0.5, 0.6) is 0 Å². The van der Waals surface area contributed by atoms with Crippen molar-refractivity contribution in [3.05, 3.63) is 24.3 Å². The van der Waals surface area contributed by atoms with Gasteiger partial charge >= 0.3 is 0 Å². The van der Waals surface area contributed by atoms with Crippen molar-refractivity contribution in [3.8, 4) is 0 Å². The fraction of sp³-hybridized carbons (Fsp3) is 0.462. The Morgan fingerprint density at radius 1 is 1.35 bits per heavy atom. The number of ether oxygens (including phenoxy) is 1. The summed E-state index contributed by atoms with van der Waals surface area (Å²) in [5, 5.41) is 2.75. The van der Waals surface area contributed by atoms with Crippen LogP contribution >= 0.6 is 0 Å². The fourth-order valence-corrected chi connectivity index (χ4v) is 1.13. The summed E-state index contributed by atoms with van der Waals surface area (Å²) < 4.78 is 5.50. The minimum absolute atomic E-state index is 0.0607. The van der Waals surface area contributed by atoms with E-state index in [0.29, 0.717) is 5.69 Å². The quantitative estimate of drug-likeness (QED) is 0.772. The zero-order chi connectivity index (χ0) is 12.9. The van der Waals surface area contributed by atoms with Gasteiger partial charge in [0.05, 0.1) is 5.60 Å². The number of hydrogen-bond acceptors (Lipinski definition) is 3. The molecule has 0 radical (unpaired) electrons. The monoisotopic (exact) mass is 236 g/mol. The second-order valence-electron chi connectivity index (χ2n) is 4.57. The number of hydrogen-bond donors (Lipinski definition) is 2. The van der Waals surface area contributed by atoms with Crippen molar-refractivity contribution < 1.29 is 9.53 Å². The molecule has 0 saturated heterocycles. The highest BCUT2D eigenvalue weighted by Crippen LogP contribution is 2.14. The van der Waals surface area contributed by atoms with Crippen molar-refractivity contribution in [1.29, 1.82) is 0 Å². The van der Waals surface area contributed by atoms with E-state index in [2.05, 4.69) is 5.32 Å². The van der Waals surface area contributed by atoms with E-state index in [1.54, 1.807) is 24.3 Å². The molecule has 0 bridgehead atoms. The lowest BCUT2D eigenvalue weighted by Gasteiger charge is -2.22. The average molecular weight is 236 g/mol. The lowest BCUT2D eigenvalue weighted by Crippen LogP contribution is -2.29. The highest BCUT2D eigenvalue weighted by Gasteiger charge is 2.16. The van der Waals surface area contributed by atoms with Crippen LogP contribution in [0.3, 0.4) is 0 Å². The zero-order valence-electron chi connectivity index (χ0n) is 10.6. The molecule has 0 aromatic heterocycles. The maximum absolute atomic E-state index is 11.6. The molecule has 17 heavy (non-hydrogen) atoms. The Kier molecular flexibility index (Phi) is 4.52. The first-order chi connectivity index (χ1) is 7.93. The van der Waals surface area contributed by atoms with E-state index >= 15 is 0 Å². The predicted molar refractivity (Wildman–Crippen MR) is 69.8 cm³/mol. The largest absolute Gasteiger partial charge is 0.399 e. The molecule has 4 nitrogen and oxygen atoms in total. The molecule has 0 aliphatic rings. The third kappa shape index (κ3) is 4.87. The highest BCUT2D eigenvalue weighted by molar-refractivity contribution is 5.91. The number of nitrogen functional groups attached to an aromatic ring is 1. The van der Waals surface area contributed by atoms with Crippen LogP contribution in [-0.4, -0.2) is 18.1 Å². The van der Waals surface area contributed by atoms with Crippen LogP contribution in [0.4, 0.5) is 11.4 Å². The van der Waals surface area contributed by atoms with Crippen LogP contribution < -0.4 is 11.1 Å². The van der Waals surface area contributed by atoms with Gasteiger partial charge in [0.1, 0.15) is 6.61 Å². The van der Waals surface area contributed by atoms with Gasteiger partial charge in [-0.05, 0) is 44.5 Å². The summed E-state index contributed by atoms with van der Waals surface area (Å²) in [5.41, 5.74) is 6.69. The summed E-state index contributed by atoms with van der Waals surface area (Å²) in [6.45, 7) is 6.01. The standard InChI is InChI=1S/C13H20N2O2/c1-4-13(2,3)17-9-12(16)15-11-7-5-10(14)6-8-11/h5-8H,4,9,14H2,1-3H3,(H,15,16). The third-order valence-corrected chi connectivity index (χ3v) is 2.64. The molecule has 3 N–H and O–H groups in total. The summed E-state index contributed by atoms with van der Waals surface area (Å²) in [4.78, 5) is 11.6. The van der Waals surface area contributed by atoms with E-state index in [0.717, 1.165) is 12.1 Å². The van der Waals surface area contributed by atoms with Crippen molar-refractivity contribution in [3.63, 3.8) is 0 Å². The molecule has 0 atom stereocenters. The summed E-state index contributed by atoms with van der Waals surface area (Å²) >= 11 is 0. The summed E-state index contributed by atoms with van der Waals surface area (Å²) in [5.74, 6) is -0.156. The maximum Gasteiger partial charge on any atom is 0.250 e. The molecule has 1 aromatic rings. The molecule has 0 heterocycles. The van der Waals surface area contributed by atoms with Gasteiger partial charge < -0.3 is 15.8 Å². The Balaban J connectivity index is 2.42. The van der Waals surface area contributed by atoms with Crippen molar-refractivity contribution in [2.45, 2.75) is 32.8 Å². The number of anilines is 2. The SMILES string of the molecule is CCC(C)(C)OCC(=O)Nc1ccc(N)cc1. The highest BCUT2D eigenvalue weighted by atomic mass is 16.5.